The summed E-state index contributed by atoms with van der Waals surface area (Å²) < 4.78 is 0. The van der Waals surface area contributed by atoms with Crippen molar-refractivity contribution in [2.45, 2.75) is 40.3 Å². The van der Waals surface area contributed by atoms with Gasteiger partial charge in [-0.15, -0.1) is 0 Å². The smallest absolute Gasteiger partial charge is 0.148 e. The van der Waals surface area contributed by atoms with Crippen molar-refractivity contribution in [3.05, 3.63) is 47.3 Å². The van der Waals surface area contributed by atoms with Crippen molar-refractivity contribution < 1.29 is 0 Å². The number of anilines is 2. The second-order valence-electron chi connectivity index (χ2n) is 5.42. The second-order valence-corrected chi connectivity index (χ2v) is 5.42. The van der Waals surface area contributed by atoms with Crippen LogP contribution in [0.5, 0.6) is 0 Å². The maximum atomic E-state index is 5.56. The van der Waals surface area contributed by atoms with Crippen molar-refractivity contribution in [3.8, 4) is 0 Å². The second kappa shape index (κ2) is 6.54. The lowest BCUT2D eigenvalue weighted by Crippen LogP contribution is -2.32. The molecule has 0 fully saturated rings. The number of benzene rings is 1. The molecule has 0 atom stereocenters. The fourth-order valence-corrected chi connectivity index (χ4v) is 2.32. The number of nitrogen functional groups attached to an aromatic ring is 1. The predicted molar refractivity (Wildman–Crippen MR) is 87.1 cm³/mol. The van der Waals surface area contributed by atoms with Gasteiger partial charge in [0.05, 0.1) is 0 Å². The van der Waals surface area contributed by atoms with Crippen molar-refractivity contribution in [3.63, 3.8) is 0 Å². The first-order valence-electron chi connectivity index (χ1n) is 7.15. The van der Waals surface area contributed by atoms with E-state index in [1.807, 2.05) is 19.9 Å². The van der Waals surface area contributed by atoms with E-state index in [0.29, 0.717) is 17.7 Å². The molecule has 1 aromatic carbocycles. The lowest BCUT2D eigenvalue weighted by molar-refractivity contribution is 0.667. The highest BCUT2D eigenvalue weighted by Gasteiger charge is 2.18. The van der Waals surface area contributed by atoms with Crippen LogP contribution in [0.1, 0.15) is 30.8 Å². The molecular formula is C16H23N5. The van der Waals surface area contributed by atoms with E-state index in [-0.39, 0.29) is 0 Å². The van der Waals surface area contributed by atoms with Crippen molar-refractivity contribution in [1.29, 1.82) is 0 Å². The van der Waals surface area contributed by atoms with Crippen LogP contribution in [0.3, 0.4) is 0 Å². The van der Waals surface area contributed by atoms with Crippen molar-refractivity contribution in [1.82, 2.24) is 9.97 Å². The van der Waals surface area contributed by atoms with Gasteiger partial charge in [0.1, 0.15) is 17.5 Å². The number of hydrogen-bond donors (Lipinski definition) is 2. The molecule has 0 spiro atoms. The van der Waals surface area contributed by atoms with Crippen LogP contribution in [0.2, 0.25) is 0 Å². The van der Waals surface area contributed by atoms with Crippen LogP contribution in [0.25, 0.3) is 0 Å². The van der Waals surface area contributed by atoms with Crippen LogP contribution in [-0.2, 0) is 6.54 Å². The third kappa shape index (κ3) is 3.49. The van der Waals surface area contributed by atoms with Crippen LogP contribution in [0.15, 0.2) is 30.3 Å². The molecule has 21 heavy (non-hydrogen) atoms. The Morgan fingerprint density at radius 3 is 2.38 bits per heavy atom. The molecule has 112 valence electrons. The summed E-state index contributed by atoms with van der Waals surface area (Å²) in [6, 6.07) is 10.7. The minimum absolute atomic E-state index is 0.323. The van der Waals surface area contributed by atoms with E-state index in [1.54, 1.807) is 0 Å². The fraction of sp³-hybridized carbons (Fsp3) is 0.375. The van der Waals surface area contributed by atoms with Gasteiger partial charge in [0, 0.05) is 18.2 Å². The normalized spacial score (nSPS) is 10.8. The summed E-state index contributed by atoms with van der Waals surface area (Å²) in [6.07, 6.45) is 0. The third-order valence-corrected chi connectivity index (χ3v) is 3.46. The van der Waals surface area contributed by atoms with Crippen LogP contribution in [-0.4, -0.2) is 16.0 Å². The van der Waals surface area contributed by atoms with Gasteiger partial charge in [0.25, 0.3) is 0 Å². The highest BCUT2D eigenvalue weighted by atomic mass is 15.3. The van der Waals surface area contributed by atoms with Gasteiger partial charge in [0.15, 0.2) is 0 Å². The number of hydrogen-bond acceptors (Lipinski definition) is 5. The molecule has 0 saturated carbocycles. The lowest BCUT2D eigenvalue weighted by atomic mass is 10.1. The first-order valence-corrected chi connectivity index (χ1v) is 7.15. The molecule has 1 heterocycles. The Kier molecular flexibility index (Phi) is 4.75. The van der Waals surface area contributed by atoms with Gasteiger partial charge in [-0.2, -0.15) is 0 Å². The standard InChI is InChI=1S/C16H23N5/c1-11(2)21(10-14-8-6-5-7-9-14)16-12(3)15(20-17)18-13(4)19-16/h5-9,11H,10,17H2,1-4H3,(H,18,19,20). The number of nitrogens with two attached hydrogens (primary N) is 1. The van der Waals surface area contributed by atoms with Crippen molar-refractivity contribution >= 4 is 11.6 Å². The Hall–Kier alpha value is -2.14. The van der Waals surface area contributed by atoms with E-state index in [0.717, 1.165) is 17.9 Å². The van der Waals surface area contributed by atoms with Crippen molar-refractivity contribution in [2.75, 3.05) is 10.3 Å². The predicted octanol–water partition coefficient (Wildman–Crippen LogP) is 2.79. The quantitative estimate of drug-likeness (QED) is 0.653. The molecule has 5 heteroatoms. The van der Waals surface area contributed by atoms with Crippen LogP contribution >= 0.6 is 0 Å². The maximum absolute atomic E-state index is 5.56. The summed E-state index contributed by atoms with van der Waals surface area (Å²) >= 11 is 0. The Bertz CT molecular complexity index is 595. The molecule has 3 N–H and O–H groups in total. The Labute approximate surface area is 126 Å². The summed E-state index contributed by atoms with van der Waals surface area (Å²) in [5.74, 6) is 7.87. The summed E-state index contributed by atoms with van der Waals surface area (Å²) in [5, 5.41) is 0. The minimum atomic E-state index is 0.323. The monoisotopic (exact) mass is 285 g/mol. The molecule has 0 aliphatic rings. The van der Waals surface area contributed by atoms with Gasteiger partial charge in [-0.1, -0.05) is 30.3 Å². The first kappa shape index (κ1) is 15.3. The summed E-state index contributed by atoms with van der Waals surface area (Å²) in [5.41, 5.74) is 4.88. The number of rotatable bonds is 5. The Morgan fingerprint density at radius 2 is 1.81 bits per heavy atom. The summed E-state index contributed by atoms with van der Waals surface area (Å²) in [4.78, 5) is 11.2. The molecule has 0 aliphatic heterocycles. The van der Waals surface area contributed by atoms with Gasteiger partial charge in [-0.3, -0.25) is 0 Å². The molecule has 0 aliphatic carbocycles. The van der Waals surface area contributed by atoms with Crippen LogP contribution in [0, 0.1) is 13.8 Å². The zero-order chi connectivity index (χ0) is 15.4. The van der Waals surface area contributed by atoms with E-state index < -0.39 is 0 Å². The van der Waals surface area contributed by atoms with E-state index >= 15 is 0 Å². The molecule has 0 bridgehead atoms. The zero-order valence-electron chi connectivity index (χ0n) is 13.1. The van der Waals surface area contributed by atoms with Crippen molar-refractivity contribution in [2.24, 2.45) is 5.84 Å². The lowest BCUT2D eigenvalue weighted by Gasteiger charge is -2.30. The Balaban J connectivity index is 2.41. The van der Waals surface area contributed by atoms with E-state index in [9.17, 15) is 0 Å². The topological polar surface area (TPSA) is 67.1 Å². The fourth-order valence-electron chi connectivity index (χ4n) is 2.32. The average molecular weight is 285 g/mol. The molecule has 1 aromatic heterocycles. The first-order chi connectivity index (χ1) is 10.0. The SMILES string of the molecule is Cc1nc(NN)c(C)c(N(Cc2ccccc2)C(C)C)n1. The number of aryl methyl sites for hydroxylation is 1. The average Bonchev–Trinajstić information content (AvgIpc) is 2.48. The van der Waals surface area contributed by atoms with Gasteiger partial charge in [0.2, 0.25) is 0 Å². The minimum Gasteiger partial charge on any atom is -0.349 e. The molecule has 0 saturated heterocycles. The van der Waals surface area contributed by atoms with E-state index in [2.05, 4.69) is 58.4 Å². The van der Waals surface area contributed by atoms with E-state index in [1.165, 1.54) is 5.56 Å². The van der Waals surface area contributed by atoms with Gasteiger partial charge in [-0.25, -0.2) is 15.8 Å². The summed E-state index contributed by atoms with van der Waals surface area (Å²) in [6.45, 7) is 9.00. The zero-order valence-corrected chi connectivity index (χ0v) is 13.1. The van der Waals surface area contributed by atoms with Crippen LogP contribution < -0.4 is 16.2 Å². The molecule has 2 rings (SSSR count). The molecule has 0 radical (unpaired) electrons. The molecule has 2 aromatic rings. The highest BCUT2D eigenvalue weighted by Crippen LogP contribution is 2.26. The molecule has 0 unspecified atom stereocenters. The van der Waals surface area contributed by atoms with Crippen LogP contribution in [0.4, 0.5) is 11.6 Å². The third-order valence-electron chi connectivity index (χ3n) is 3.46. The van der Waals surface area contributed by atoms with Gasteiger partial charge < -0.3 is 10.3 Å². The summed E-state index contributed by atoms with van der Waals surface area (Å²) in [7, 11) is 0. The van der Waals surface area contributed by atoms with Gasteiger partial charge in [-0.05, 0) is 33.3 Å². The molecule has 5 nitrogen and oxygen atoms in total. The number of nitrogens with zero attached hydrogens (tertiary/aromatic N) is 3. The number of hydrazine groups is 1. The number of aromatic nitrogens is 2. The Morgan fingerprint density at radius 1 is 1.14 bits per heavy atom. The van der Waals surface area contributed by atoms with E-state index in [4.69, 9.17) is 5.84 Å². The van der Waals surface area contributed by atoms with Gasteiger partial charge >= 0.3 is 0 Å². The molecular weight excluding hydrogens is 262 g/mol. The number of nitrogens with one attached hydrogen (secondary N) is 1. The highest BCUT2D eigenvalue weighted by molar-refractivity contribution is 5.58. The molecule has 0 amide bonds. The largest absolute Gasteiger partial charge is 0.349 e. The maximum Gasteiger partial charge on any atom is 0.148 e.